The van der Waals surface area contributed by atoms with Gasteiger partial charge in [0.1, 0.15) is 19.8 Å². The Balaban J connectivity index is 1.34. The number of ether oxygens (including phenoxy) is 2. The van der Waals surface area contributed by atoms with E-state index in [1.807, 2.05) is 85.8 Å². The van der Waals surface area contributed by atoms with E-state index in [1.54, 1.807) is 4.90 Å². The first-order chi connectivity index (χ1) is 16.6. The average Bonchev–Trinajstić information content (AvgIpc) is 2.87. The molecule has 0 unspecified atom stereocenters. The Bertz CT molecular complexity index is 1260. The van der Waals surface area contributed by atoms with Crippen molar-refractivity contribution in [2.24, 2.45) is 0 Å². The second-order valence-electron chi connectivity index (χ2n) is 8.07. The number of fused-ring (bicyclic) bond motifs is 2. The second-order valence-corrected chi connectivity index (χ2v) is 9.16. The third-order valence-corrected chi connectivity index (χ3v) is 6.75. The lowest BCUT2D eigenvalue weighted by atomic mass is 10.1. The van der Waals surface area contributed by atoms with Crippen molar-refractivity contribution < 1.29 is 19.1 Å². The summed E-state index contributed by atoms with van der Waals surface area (Å²) in [5.41, 5.74) is 2.59. The summed E-state index contributed by atoms with van der Waals surface area (Å²) in [6.45, 7) is 2.87. The van der Waals surface area contributed by atoms with Crippen LogP contribution in [0.4, 0.5) is 5.69 Å². The zero-order valence-corrected chi connectivity index (χ0v) is 19.5. The third-order valence-electron chi connectivity index (χ3n) is 5.67. The standard InChI is InChI=1S/C27H24N2O4S/c1-18(20-11-12-22-23(16-20)33-14-13-32-22)28-26(30)17-29-21-9-5-6-10-24(21)34-25(27(29)31)15-19-7-3-2-4-8-19/h2-12,15-16,18H,13-14,17H2,1H3,(H,28,30)/b25-15-/t18-/m1/s1. The molecule has 0 radical (unpaired) electrons. The van der Waals surface area contributed by atoms with E-state index in [4.69, 9.17) is 9.47 Å². The Morgan fingerprint density at radius 2 is 1.76 bits per heavy atom. The van der Waals surface area contributed by atoms with E-state index in [0.29, 0.717) is 29.6 Å². The summed E-state index contributed by atoms with van der Waals surface area (Å²) < 4.78 is 11.2. The Morgan fingerprint density at radius 3 is 2.59 bits per heavy atom. The van der Waals surface area contributed by atoms with Crippen LogP contribution in [-0.2, 0) is 9.59 Å². The van der Waals surface area contributed by atoms with Crippen LogP contribution in [0.25, 0.3) is 6.08 Å². The first kappa shape index (κ1) is 22.1. The predicted octanol–water partition coefficient (Wildman–Crippen LogP) is 4.82. The number of carbonyl (C=O) groups is 2. The fourth-order valence-electron chi connectivity index (χ4n) is 3.96. The zero-order valence-electron chi connectivity index (χ0n) is 18.7. The van der Waals surface area contributed by atoms with E-state index >= 15 is 0 Å². The van der Waals surface area contributed by atoms with Crippen LogP contribution in [-0.4, -0.2) is 31.6 Å². The zero-order chi connectivity index (χ0) is 23.5. The number of thioether (sulfide) groups is 1. The first-order valence-corrected chi connectivity index (χ1v) is 11.9. The topological polar surface area (TPSA) is 67.9 Å². The quantitative estimate of drug-likeness (QED) is 0.540. The second kappa shape index (κ2) is 9.65. The fraction of sp³-hybridized carbons (Fsp3) is 0.185. The van der Waals surface area contributed by atoms with Gasteiger partial charge in [0.25, 0.3) is 5.91 Å². The number of anilines is 1. The van der Waals surface area contributed by atoms with Crippen LogP contribution < -0.4 is 19.7 Å². The third kappa shape index (κ3) is 4.65. The summed E-state index contributed by atoms with van der Waals surface area (Å²) in [5.74, 6) is 0.961. The minimum absolute atomic E-state index is 0.0720. The van der Waals surface area contributed by atoms with Crippen molar-refractivity contribution in [3.8, 4) is 11.5 Å². The molecule has 0 bridgehead atoms. The predicted molar refractivity (Wildman–Crippen MR) is 133 cm³/mol. The summed E-state index contributed by atoms with van der Waals surface area (Å²) in [6.07, 6.45) is 1.87. The van der Waals surface area contributed by atoms with Gasteiger partial charge in [0, 0.05) is 4.90 Å². The monoisotopic (exact) mass is 472 g/mol. The van der Waals surface area contributed by atoms with Gasteiger partial charge in [-0.1, -0.05) is 60.3 Å². The molecule has 0 aromatic heterocycles. The molecule has 172 valence electrons. The molecule has 34 heavy (non-hydrogen) atoms. The maximum Gasteiger partial charge on any atom is 0.265 e. The number of para-hydroxylation sites is 1. The smallest absolute Gasteiger partial charge is 0.265 e. The molecule has 2 aliphatic rings. The van der Waals surface area contributed by atoms with E-state index < -0.39 is 0 Å². The largest absolute Gasteiger partial charge is 0.486 e. The molecule has 2 amide bonds. The van der Waals surface area contributed by atoms with Crippen LogP contribution in [0.2, 0.25) is 0 Å². The molecule has 7 heteroatoms. The summed E-state index contributed by atoms with van der Waals surface area (Å²) in [4.78, 5) is 29.5. The van der Waals surface area contributed by atoms with Crippen molar-refractivity contribution in [1.29, 1.82) is 0 Å². The van der Waals surface area contributed by atoms with Gasteiger partial charge in [-0.05, 0) is 48.4 Å². The Morgan fingerprint density at radius 1 is 1.03 bits per heavy atom. The van der Waals surface area contributed by atoms with Crippen molar-refractivity contribution in [1.82, 2.24) is 5.32 Å². The van der Waals surface area contributed by atoms with Crippen LogP contribution in [0.1, 0.15) is 24.1 Å². The molecule has 3 aromatic rings. The molecule has 2 heterocycles. The van der Waals surface area contributed by atoms with E-state index in [2.05, 4.69) is 5.32 Å². The lowest BCUT2D eigenvalue weighted by Crippen LogP contribution is -2.43. The Labute approximate surface area is 202 Å². The van der Waals surface area contributed by atoms with Gasteiger partial charge in [-0.15, -0.1) is 0 Å². The molecule has 1 N–H and O–H groups in total. The number of amides is 2. The van der Waals surface area contributed by atoms with Crippen molar-refractivity contribution in [3.05, 3.63) is 88.8 Å². The number of carbonyl (C=O) groups excluding carboxylic acids is 2. The Kier molecular flexibility index (Phi) is 6.27. The lowest BCUT2D eigenvalue weighted by molar-refractivity contribution is -0.122. The van der Waals surface area contributed by atoms with Crippen molar-refractivity contribution in [3.63, 3.8) is 0 Å². The molecular weight excluding hydrogens is 448 g/mol. The van der Waals surface area contributed by atoms with Crippen molar-refractivity contribution in [2.45, 2.75) is 17.9 Å². The molecule has 2 aliphatic heterocycles. The maximum atomic E-state index is 13.4. The van der Waals surface area contributed by atoms with Gasteiger partial charge < -0.3 is 14.8 Å². The van der Waals surface area contributed by atoms with E-state index in [-0.39, 0.29) is 24.4 Å². The molecule has 0 saturated carbocycles. The van der Waals surface area contributed by atoms with Crippen LogP contribution in [0.3, 0.4) is 0 Å². The van der Waals surface area contributed by atoms with E-state index in [9.17, 15) is 9.59 Å². The number of benzene rings is 3. The van der Waals surface area contributed by atoms with Gasteiger partial charge >= 0.3 is 0 Å². The molecule has 0 aliphatic carbocycles. The average molecular weight is 473 g/mol. The van der Waals surface area contributed by atoms with E-state index in [0.717, 1.165) is 21.7 Å². The number of nitrogens with one attached hydrogen (secondary N) is 1. The minimum atomic E-state index is -0.257. The van der Waals surface area contributed by atoms with Gasteiger partial charge in [0.15, 0.2) is 11.5 Å². The molecule has 6 nitrogen and oxygen atoms in total. The molecular formula is C27H24N2O4S. The number of hydrogen-bond acceptors (Lipinski definition) is 5. The highest BCUT2D eigenvalue weighted by atomic mass is 32.2. The van der Waals surface area contributed by atoms with Crippen molar-refractivity contribution >= 4 is 35.3 Å². The van der Waals surface area contributed by atoms with Gasteiger partial charge in [0.05, 0.1) is 16.6 Å². The number of rotatable bonds is 5. The molecule has 0 spiro atoms. The summed E-state index contributed by atoms with van der Waals surface area (Å²) >= 11 is 1.43. The summed E-state index contributed by atoms with van der Waals surface area (Å²) in [7, 11) is 0. The highest BCUT2D eigenvalue weighted by Crippen LogP contribution is 2.42. The van der Waals surface area contributed by atoms with Crippen LogP contribution in [0, 0.1) is 0 Å². The normalized spacial score (nSPS) is 16.7. The Hall–Kier alpha value is -3.71. The van der Waals surface area contributed by atoms with Gasteiger partial charge in [-0.25, -0.2) is 0 Å². The minimum Gasteiger partial charge on any atom is -0.486 e. The fourth-order valence-corrected chi connectivity index (χ4v) is 5.02. The van der Waals surface area contributed by atoms with Gasteiger partial charge in [-0.3, -0.25) is 14.5 Å². The molecule has 5 rings (SSSR count). The molecule has 0 fully saturated rings. The number of hydrogen-bond donors (Lipinski definition) is 1. The molecule has 1 atom stereocenters. The number of nitrogens with zero attached hydrogens (tertiary/aromatic N) is 1. The van der Waals surface area contributed by atoms with Gasteiger partial charge in [-0.2, -0.15) is 0 Å². The molecule has 3 aromatic carbocycles. The summed E-state index contributed by atoms with van der Waals surface area (Å²) in [6, 6.07) is 22.8. The molecule has 0 saturated heterocycles. The highest BCUT2D eigenvalue weighted by Gasteiger charge is 2.30. The SMILES string of the molecule is C[C@@H](NC(=O)CN1C(=O)/C(=C/c2ccccc2)Sc2ccccc21)c1ccc2c(c1)OCCO2. The maximum absolute atomic E-state index is 13.4. The van der Waals surface area contributed by atoms with Crippen LogP contribution >= 0.6 is 11.8 Å². The van der Waals surface area contributed by atoms with Crippen LogP contribution in [0.5, 0.6) is 11.5 Å². The van der Waals surface area contributed by atoms with Crippen LogP contribution in [0.15, 0.2) is 82.6 Å². The lowest BCUT2D eigenvalue weighted by Gasteiger charge is -2.30. The highest BCUT2D eigenvalue weighted by molar-refractivity contribution is 8.04. The first-order valence-electron chi connectivity index (χ1n) is 11.1. The van der Waals surface area contributed by atoms with Gasteiger partial charge in [0.2, 0.25) is 5.91 Å². The van der Waals surface area contributed by atoms with Crippen molar-refractivity contribution in [2.75, 3.05) is 24.7 Å². The van der Waals surface area contributed by atoms with E-state index in [1.165, 1.54) is 11.8 Å². The summed E-state index contributed by atoms with van der Waals surface area (Å²) in [5, 5.41) is 3.01.